The fraction of sp³-hybridized carbons (Fsp3) is 0.179. The van der Waals surface area contributed by atoms with Crippen molar-refractivity contribution in [3.05, 3.63) is 87.4 Å². The number of ether oxygens (including phenoxy) is 3. The van der Waals surface area contributed by atoms with Crippen LogP contribution in [0.25, 0.3) is 6.08 Å². The Balaban J connectivity index is 1.56. The summed E-state index contributed by atoms with van der Waals surface area (Å²) in [5.74, 6) is -0.390. The molecular formula is C28H24Cl2N2O6. The molecule has 0 bridgehead atoms. The van der Waals surface area contributed by atoms with Crippen LogP contribution in [0.4, 0.5) is 10.5 Å². The Hall–Kier alpha value is -4.01. The minimum absolute atomic E-state index is 0.148. The number of halogens is 2. The Morgan fingerprint density at radius 1 is 0.974 bits per heavy atom. The highest BCUT2D eigenvalue weighted by Crippen LogP contribution is 2.38. The Labute approximate surface area is 229 Å². The van der Waals surface area contributed by atoms with Crippen LogP contribution in [0.2, 0.25) is 10.0 Å². The van der Waals surface area contributed by atoms with E-state index in [0.717, 1.165) is 10.5 Å². The maximum atomic E-state index is 13.3. The third-order valence-corrected chi connectivity index (χ3v) is 5.96. The summed E-state index contributed by atoms with van der Waals surface area (Å²) < 4.78 is 16.8. The largest absolute Gasteiger partial charge is 0.493 e. The highest BCUT2D eigenvalue weighted by Gasteiger charge is 2.37. The summed E-state index contributed by atoms with van der Waals surface area (Å²) in [4.78, 5) is 39.3. The van der Waals surface area contributed by atoms with Gasteiger partial charge < -0.3 is 14.2 Å². The zero-order chi connectivity index (χ0) is 27.4. The van der Waals surface area contributed by atoms with Crippen molar-refractivity contribution in [2.45, 2.75) is 26.6 Å². The first-order chi connectivity index (χ1) is 18.2. The van der Waals surface area contributed by atoms with Gasteiger partial charge in [0.15, 0.2) is 11.5 Å². The maximum absolute atomic E-state index is 13.3. The van der Waals surface area contributed by atoms with Gasteiger partial charge in [0, 0.05) is 5.02 Å². The van der Waals surface area contributed by atoms with Gasteiger partial charge in [-0.3, -0.25) is 14.9 Å². The molecule has 0 atom stereocenters. The van der Waals surface area contributed by atoms with Crippen molar-refractivity contribution in [1.82, 2.24) is 5.32 Å². The molecule has 1 aliphatic rings. The van der Waals surface area contributed by atoms with Gasteiger partial charge >= 0.3 is 6.03 Å². The van der Waals surface area contributed by atoms with Crippen LogP contribution in [0, 0.1) is 0 Å². The van der Waals surface area contributed by atoms with Gasteiger partial charge in [0.2, 0.25) is 0 Å². The molecule has 0 aliphatic carbocycles. The monoisotopic (exact) mass is 554 g/mol. The number of carbonyl (C=O) groups is 3. The number of hydrogen-bond acceptors (Lipinski definition) is 6. The Morgan fingerprint density at radius 2 is 1.66 bits per heavy atom. The lowest BCUT2D eigenvalue weighted by molar-refractivity contribution is -0.122. The number of amides is 4. The van der Waals surface area contributed by atoms with Crippen LogP contribution in [0.3, 0.4) is 0 Å². The molecule has 10 heteroatoms. The predicted molar refractivity (Wildman–Crippen MR) is 145 cm³/mol. The van der Waals surface area contributed by atoms with E-state index in [1.165, 1.54) is 13.2 Å². The summed E-state index contributed by atoms with van der Waals surface area (Å²) in [6, 6.07) is 15.9. The first-order valence-electron chi connectivity index (χ1n) is 11.6. The number of methoxy groups -OCH3 is 1. The van der Waals surface area contributed by atoms with Gasteiger partial charge in [-0.25, -0.2) is 9.69 Å². The fourth-order valence-corrected chi connectivity index (χ4v) is 4.06. The summed E-state index contributed by atoms with van der Waals surface area (Å²) in [6.07, 6.45) is 1.19. The van der Waals surface area contributed by atoms with E-state index in [0.29, 0.717) is 34.4 Å². The van der Waals surface area contributed by atoms with Crippen molar-refractivity contribution in [2.24, 2.45) is 0 Å². The highest BCUT2D eigenvalue weighted by molar-refractivity contribution is 6.39. The second kappa shape index (κ2) is 11.6. The molecule has 1 heterocycles. The smallest absolute Gasteiger partial charge is 0.335 e. The molecule has 1 N–H and O–H groups in total. The second-order valence-corrected chi connectivity index (χ2v) is 9.41. The molecule has 0 saturated carbocycles. The number of imide groups is 2. The minimum Gasteiger partial charge on any atom is -0.493 e. The van der Waals surface area contributed by atoms with Crippen LogP contribution in [0.5, 0.6) is 17.2 Å². The van der Waals surface area contributed by atoms with Gasteiger partial charge in [-0.05, 0) is 79.6 Å². The van der Waals surface area contributed by atoms with Gasteiger partial charge in [0.25, 0.3) is 11.8 Å². The number of benzene rings is 3. The number of nitrogens with zero attached hydrogens (tertiary/aromatic N) is 1. The summed E-state index contributed by atoms with van der Waals surface area (Å²) >= 11 is 12.3. The molecule has 4 amide bonds. The van der Waals surface area contributed by atoms with Gasteiger partial charge in [-0.2, -0.15) is 0 Å². The quantitative estimate of drug-likeness (QED) is 0.269. The summed E-state index contributed by atoms with van der Waals surface area (Å²) in [5, 5.41) is 3.08. The normalized spacial score (nSPS) is 14.6. The van der Waals surface area contributed by atoms with Crippen LogP contribution in [0.15, 0.2) is 66.2 Å². The van der Waals surface area contributed by atoms with Crippen molar-refractivity contribution in [3.63, 3.8) is 0 Å². The topological polar surface area (TPSA) is 94.2 Å². The molecule has 196 valence electrons. The number of rotatable bonds is 8. The molecule has 38 heavy (non-hydrogen) atoms. The summed E-state index contributed by atoms with van der Waals surface area (Å²) in [7, 11) is 1.46. The van der Waals surface area contributed by atoms with Gasteiger partial charge in [-0.15, -0.1) is 0 Å². The van der Waals surface area contributed by atoms with E-state index in [9.17, 15) is 14.4 Å². The molecule has 1 saturated heterocycles. The van der Waals surface area contributed by atoms with E-state index in [2.05, 4.69) is 5.32 Å². The van der Waals surface area contributed by atoms with E-state index < -0.39 is 17.8 Å². The van der Waals surface area contributed by atoms with E-state index in [4.69, 9.17) is 37.4 Å². The number of barbiturate groups is 1. The molecule has 0 spiro atoms. The molecule has 3 aromatic rings. The molecule has 0 unspecified atom stereocenters. The Kier molecular flexibility index (Phi) is 8.24. The summed E-state index contributed by atoms with van der Waals surface area (Å²) in [6.45, 7) is 4.01. The fourth-order valence-electron chi connectivity index (χ4n) is 3.67. The van der Waals surface area contributed by atoms with Crippen molar-refractivity contribution < 1.29 is 28.6 Å². The minimum atomic E-state index is -0.858. The van der Waals surface area contributed by atoms with Crippen LogP contribution in [-0.4, -0.2) is 31.1 Å². The average Bonchev–Trinajstić information content (AvgIpc) is 2.88. The van der Waals surface area contributed by atoms with Gasteiger partial charge in [0.05, 0.1) is 23.9 Å². The summed E-state index contributed by atoms with van der Waals surface area (Å²) in [5.41, 5.74) is 1.36. The van der Waals surface area contributed by atoms with Crippen molar-refractivity contribution >= 4 is 52.8 Å². The first kappa shape index (κ1) is 27.0. The van der Waals surface area contributed by atoms with Crippen LogP contribution in [-0.2, 0) is 16.2 Å². The third-order valence-electron chi connectivity index (χ3n) is 5.43. The highest BCUT2D eigenvalue weighted by atomic mass is 35.5. The molecular weight excluding hydrogens is 531 g/mol. The first-order valence-corrected chi connectivity index (χ1v) is 12.3. The third kappa shape index (κ3) is 6.10. The van der Waals surface area contributed by atoms with E-state index in [1.807, 2.05) is 26.0 Å². The number of nitrogens with one attached hydrogen (secondary N) is 1. The van der Waals surface area contributed by atoms with E-state index in [1.54, 1.807) is 48.5 Å². The molecule has 3 aromatic carbocycles. The lowest BCUT2D eigenvalue weighted by Crippen LogP contribution is -2.54. The van der Waals surface area contributed by atoms with Crippen molar-refractivity contribution in [2.75, 3.05) is 12.0 Å². The zero-order valence-corrected chi connectivity index (χ0v) is 22.3. The number of urea groups is 1. The molecule has 0 radical (unpaired) electrons. The van der Waals surface area contributed by atoms with Gasteiger partial charge in [-0.1, -0.05) is 35.3 Å². The van der Waals surface area contributed by atoms with Crippen LogP contribution >= 0.6 is 23.2 Å². The predicted octanol–water partition coefficient (Wildman–Crippen LogP) is 6.03. The van der Waals surface area contributed by atoms with E-state index in [-0.39, 0.29) is 22.4 Å². The van der Waals surface area contributed by atoms with Crippen molar-refractivity contribution in [3.8, 4) is 17.2 Å². The Morgan fingerprint density at radius 3 is 2.29 bits per heavy atom. The van der Waals surface area contributed by atoms with Gasteiger partial charge in [0.1, 0.15) is 17.9 Å². The lowest BCUT2D eigenvalue weighted by Gasteiger charge is -2.26. The number of hydrogen-bond donors (Lipinski definition) is 1. The van der Waals surface area contributed by atoms with Crippen molar-refractivity contribution in [1.29, 1.82) is 0 Å². The van der Waals surface area contributed by atoms with E-state index >= 15 is 0 Å². The number of carbonyl (C=O) groups excluding carboxylic acids is 3. The maximum Gasteiger partial charge on any atom is 0.335 e. The molecule has 1 fully saturated rings. The lowest BCUT2D eigenvalue weighted by atomic mass is 10.1. The number of anilines is 1. The van der Waals surface area contributed by atoms with Crippen LogP contribution < -0.4 is 24.4 Å². The van der Waals surface area contributed by atoms with Crippen LogP contribution in [0.1, 0.15) is 25.0 Å². The SMILES string of the molecule is COc1cc(/C=C2\C(=O)NC(=O)N(c3ccc(OCc4ccc(Cl)cc4)cc3)C2=O)cc(Cl)c1OC(C)C. The molecule has 1 aliphatic heterocycles. The average molecular weight is 555 g/mol. The standard InChI is InChI=1S/C28H24Cl2N2O6/c1-16(2)38-25-23(30)13-18(14-24(25)36-3)12-22-26(33)31-28(35)32(27(22)34)20-8-10-21(11-9-20)37-15-17-4-6-19(29)7-5-17/h4-14,16H,15H2,1-3H3,(H,31,33,35)/b22-12+. The molecule has 8 nitrogen and oxygen atoms in total. The zero-order valence-electron chi connectivity index (χ0n) is 20.8. The Bertz CT molecular complexity index is 1400. The molecule has 4 rings (SSSR count). The molecule has 0 aromatic heterocycles. The second-order valence-electron chi connectivity index (χ2n) is 8.57.